The first kappa shape index (κ1) is 14.9. The fourth-order valence-corrected chi connectivity index (χ4v) is 1.89. The molecule has 1 aromatic heterocycles. The molecule has 0 bridgehead atoms. The zero-order valence-electron chi connectivity index (χ0n) is 11.4. The molecule has 0 fully saturated rings. The topological polar surface area (TPSA) is 105 Å². The minimum atomic E-state index is -0.330. The third-order valence-electron chi connectivity index (χ3n) is 2.85. The van der Waals surface area contributed by atoms with Crippen LogP contribution in [0.1, 0.15) is 43.5 Å². The van der Waals surface area contributed by atoms with Crippen LogP contribution in [-0.2, 0) is 17.6 Å². The minimum Gasteiger partial charge on any atom is -0.370 e. The quantitative estimate of drug-likeness (QED) is 0.716. The molecule has 0 aromatic carbocycles. The number of carbonyl (C=O) groups is 1. The second-order valence-electron chi connectivity index (χ2n) is 4.16. The lowest BCUT2D eigenvalue weighted by molar-refractivity contribution is -0.118. The predicted octanol–water partition coefficient (Wildman–Crippen LogP) is 1.15. The van der Waals surface area contributed by atoms with Crippen LogP contribution in [0.4, 0.5) is 5.82 Å². The van der Waals surface area contributed by atoms with Crippen molar-refractivity contribution in [1.82, 2.24) is 10.2 Å². The molecule has 0 radical (unpaired) electrons. The number of hydrogen-bond donors (Lipinski definition) is 2. The second kappa shape index (κ2) is 7.31. The van der Waals surface area contributed by atoms with E-state index < -0.39 is 0 Å². The Bertz CT molecular complexity index is 493. The van der Waals surface area contributed by atoms with Crippen molar-refractivity contribution in [1.29, 1.82) is 5.26 Å². The highest BCUT2D eigenvalue weighted by Crippen LogP contribution is 2.19. The third kappa shape index (κ3) is 3.91. The first-order valence-corrected chi connectivity index (χ1v) is 6.44. The van der Waals surface area contributed by atoms with E-state index in [1.807, 2.05) is 13.8 Å². The number of nitrogens with zero attached hydrogens (tertiary/aromatic N) is 3. The molecule has 0 unspecified atom stereocenters. The third-order valence-corrected chi connectivity index (χ3v) is 2.85. The molecule has 1 heterocycles. The van der Waals surface area contributed by atoms with E-state index in [1.165, 1.54) is 0 Å². The molecule has 19 heavy (non-hydrogen) atoms. The Balaban J connectivity index is 2.84. The summed E-state index contributed by atoms with van der Waals surface area (Å²) in [5.41, 5.74) is 7.42. The molecule has 0 aliphatic carbocycles. The first-order valence-electron chi connectivity index (χ1n) is 6.44. The number of nitriles is 1. The number of amides is 1. The van der Waals surface area contributed by atoms with Gasteiger partial charge in [0.15, 0.2) is 5.82 Å². The number of nitrogens with two attached hydrogens (primary N) is 1. The normalized spacial score (nSPS) is 9.95. The van der Waals surface area contributed by atoms with Crippen LogP contribution in [0.25, 0.3) is 0 Å². The van der Waals surface area contributed by atoms with Gasteiger partial charge in [0.1, 0.15) is 11.6 Å². The number of primary amides is 1. The standard InChI is InChI=1S/C13H19N5O/c1-3-9-10(8-14)13(18-17-11(9)4-2)16-7-5-6-12(15)19/h3-7H2,1-2H3,(H2,15,19)(H,16,18). The summed E-state index contributed by atoms with van der Waals surface area (Å²) in [4.78, 5) is 10.6. The van der Waals surface area contributed by atoms with E-state index in [9.17, 15) is 10.1 Å². The molecular formula is C13H19N5O. The van der Waals surface area contributed by atoms with Crippen LogP contribution >= 0.6 is 0 Å². The van der Waals surface area contributed by atoms with Crippen molar-refractivity contribution in [2.24, 2.45) is 5.73 Å². The molecule has 0 aliphatic heterocycles. The highest BCUT2D eigenvalue weighted by atomic mass is 16.1. The van der Waals surface area contributed by atoms with Crippen molar-refractivity contribution in [3.8, 4) is 6.07 Å². The molecule has 1 aromatic rings. The van der Waals surface area contributed by atoms with Crippen LogP contribution in [0.3, 0.4) is 0 Å². The Labute approximate surface area is 113 Å². The van der Waals surface area contributed by atoms with E-state index in [2.05, 4.69) is 21.6 Å². The smallest absolute Gasteiger partial charge is 0.217 e. The SMILES string of the molecule is CCc1nnc(NCCCC(N)=O)c(C#N)c1CC. The van der Waals surface area contributed by atoms with Gasteiger partial charge in [-0.05, 0) is 24.8 Å². The number of rotatable bonds is 7. The Morgan fingerprint density at radius 3 is 2.63 bits per heavy atom. The van der Waals surface area contributed by atoms with Crippen LogP contribution in [0.5, 0.6) is 0 Å². The summed E-state index contributed by atoms with van der Waals surface area (Å²) in [5.74, 6) is 0.157. The molecule has 3 N–H and O–H groups in total. The summed E-state index contributed by atoms with van der Waals surface area (Å²) in [7, 11) is 0. The summed E-state index contributed by atoms with van der Waals surface area (Å²) in [6.07, 6.45) is 2.43. The van der Waals surface area contributed by atoms with Crippen molar-refractivity contribution in [3.63, 3.8) is 0 Å². The van der Waals surface area contributed by atoms with Crippen molar-refractivity contribution in [3.05, 3.63) is 16.8 Å². The van der Waals surface area contributed by atoms with Gasteiger partial charge in [-0.3, -0.25) is 4.79 Å². The van der Waals surface area contributed by atoms with E-state index in [-0.39, 0.29) is 5.91 Å². The van der Waals surface area contributed by atoms with E-state index >= 15 is 0 Å². The fraction of sp³-hybridized carbons (Fsp3) is 0.538. The molecule has 0 spiro atoms. The maximum atomic E-state index is 10.6. The molecular weight excluding hydrogens is 242 g/mol. The van der Waals surface area contributed by atoms with Gasteiger partial charge in [-0.15, -0.1) is 5.10 Å². The summed E-state index contributed by atoms with van der Waals surface area (Å²) in [6.45, 7) is 4.53. The average Bonchev–Trinajstić information content (AvgIpc) is 2.42. The van der Waals surface area contributed by atoms with Gasteiger partial charge in [0.05, 0.1) is 5.69 Å². The van der Waals surface area contributed by atoms with E-state index in [1.54, 1.807) is 0 Å². The second-order valence-corrected chi connectivity index (χ2v) is 4.16. The lowest BCUT2D eigenvalue weighted by Gasteiger charge is -2.11. The van der Waals surface area contributed by atoms with Crippen molar-refractivity contribution in [2.75, 3.05) is 11.9 Å². The minimum absolute atomic E-state index is 0.315. The van der Waals surface area contributed by atoms with E-state index in [4.69, 9.17) is 5.73 Å². The van der Waals surface area contributed by atoms with Crippen LogP contribution in [-0.4, -0.2) is 22.6 Å². The average molecular weight is 261 g/mol. The van der Waals surface area contributed by atoms with Crippen molar-refractivity contribution >= 4 is 11.7 Å². The first-order chi connectivity index (χ1) is 9.13. The molecule has 0 atom stereocenters. The molecule has 0 saturated heterocycles. The lowest BCUT2D eigenvalue weighted by Crippen LogP contribution is -2.14. The van der Waals surface area contributed by atoms with Gasteiger partial charge in [0.25, 0.3) is 0 Å². The van der Waals surface area contributed by atoms with E-state index in [0.29, 0.717) is 30.8 Å². The van der Waals surface area contributed by atoms with Gasteiger partial charge >= 0.3 is 0 Å². The maximum absolute atomic E-state index is 10.6. The van der Waals surface area contributed by atoms with Crippen LogP contribution in [0, 0.1) is 11.3 Å². The van der Waals surface area contributed by atoms with Gasteiger partial charge in [-0.2, -0.15) is 10.4 Å². The molecule has 6 nitrogen and oxygen atoms in total. The van der Waals surface area contributed by atoms with Crippen LogP contribution < -0.4 is 11.1 Å². The number of hydrogen-bond acceptors (Lipinski definition) is 5. The van der Waals surface area contributed by atoms with E-state index in [0.717, 1.165) is 24.1 Å². The maximum Gasteiger partial charge on any atom is 0.217 e. The van der Waals surface area contributed by atoms with Crippen molar-refractivity contribution < 1.29 is 4.79 Å². The monoisotopic (exact) mass is 261 g/mol. The molecule has 102 valence electrons. The Morgan fingerprint density at radius 2 is 2.11 bits per heavy atom. The molecule has 6 heteroatoms. The van der Waals surface area contributed by atoms with Crippen LogP contribution in [0.2, 0.25) is 0 Å². The molecule has 1 amide bonds. The Hall–Kier alpha value is -2.16. The Morgan fingerprint density at radius 1 is 1.37 bits per heavy atom. The highest BCUT2D eigenvalue weighted by molar-refractivity contribution is 5.73. The fourth-order valence-electron chi connectivity index (χ4n) is 1.89. The number of nitrogens with one attached hydrogen (secondary N) is 1. The summed E-state index contributed by atoms with van der Waals surface area (Å²) < 4.78 is 0. The summed E-state index contributed by atoms with van der Waals surface area (Å²) in [5, 5.41) is 20.5. The van der Waals surface area contributed by atoms with Gasteiger partial charge in [-0.1, -0.05) is 13.8 Å². The number of aromatic nitrogens is 2. The number of carbonyl (C=O) groups excluding carboxylic acids is 1. The summed E-state index contributed by atoms with van der Waals surface area (Å²) >= 11 is 0. The zero-order chi connectivity index (χ0) is 14.3. The number of anilines is 1. The van der Waals surface area contributed by atoms with Gasteiger partial charge < -0.3 is 11.1 Å². The largest absolute Gasteiger partial charge is 0.370 e. The highest BCUT2D eigenvalue weighted by Gasteiger charge is 2.13. The summed E-state index contributed by atoms with van der Waals surface area (Å²) in [6, 6.07) is 2.18. The van der Waals surface area contributed by atoms with Gasteiger partial charge in [0, 0.05) is 13.0 Å². The molecule has 1 rings (SSSR count). The predicted molar refractivity (Wildman–Crippen MR) is 72.4 cm³/mol. The molecule has 0 saturated carbocycles. The zero-order valence-corrected chi connectivity index (χ0v) is 11.4. The lowest BCUT2D eigenvalue weighted by atomic mass is 10.0. The molecule has 0 aliphatic rings. The van der Waals surface area contributed by atoms with Gasteiger partial charge in [0.2, 0.25) is 5.91 Å². The van der Waals surface area contributed by atoms with Gasteiger partial charge in [-0.25, -0.2) is 0 Å². The number of aryl methyl sites for hydroxylation is 1. The van der Waals surface area contributed by atoms with Crippen LogP contribution in [0.15, 0.2) is 0 Å². The van der Waals surface area contributed by atoms with Crippen molar-refractivity contribution in [2.45, 2.75) is 39.5 Å². The Kier molecular flexibility index (Phi) is 5.73.